The van der Waals surface area contributed by atoms with Crippen LogP contribution >= 0.6 is 31.9 Å². The van der Waals surface area contributed by atoms with E-state index < -0.39 is 33.8 Å². The van der Waals surface area contributed by atoms with Gasteiger partial charge in [0.15, 0.2) is 0 Å². The van der Waals surface area contributed by atoms with Gasteiger partial charge in [0.1, 0.15) is 11.5 Å². The first-order valence-corrected chi connectivity index (χ1v) is 19.5. The van der Waals surface area contributed by atoms with Crippen LogP contribution < -0.4 is 9.47 Å². The summed E-state index contributed by atoms with van der Waals surface area (Å²) in [6.45, 7) is -0.381. The topological polar surface area (TPSA) is 142 Å². The fraction of sp³-hybridized carbons (Fsp3) is 0.400. The van der Waals surface area contributed by atoms with E-state index in [0.29, 0.717) is 12.8 Å². The van der Waals surface area contributed by atoms with E-state index in [2.05, 4.69) is 31.9 Å². The van der Waals surface area contributed by atoms with E-state index in [1.165, 1.54) is 0 Å². The van der Waals surface area contributed by atoms with E-state index >= 15 is 0 Å². The van der Waals surface area contributed by atoms with Gasteiger partial charge in [-0.2, -0.15) is 0 Å². The van der Waals surface area contributed by atoms with Crippen LogP contribution in [0.15, 0.2) is 109 Å². The average Bonchev–Trinajstić information content (AvgIpc) is 3.19. The molecule has 4 aromatic carbocycles. The molecule has 0 aromatic heterocycles. The second-order valence-electron chi connectivity index (χ2n) is 13.8. The van der Waals surface area contributed by atoms with E-state index in [1.807, 2.05) is 109 Å². The Balaban J connectivity index is 0.000000167. The molecule has 0 bridgehead atoms. The first-order chi connectivity index (χ1) is 26.1. The molecule has 14 heteroatoms. The highest BCUT2D eigenvalue weighted by molar-refractivity contribution is 9.09. The Hall–Kier alpha value is -3.92. The molecule has 0 unspecified atom stereocenters. The van der Waals surface area contributed by atoms with Gasteiger partial charge in [0, 0.05) is 47.0 Å². The number of nitrogens with zero attached hydrogens (tertiary/aromatic N) is 2. The first kappa shape index (κ1) is 38.4. The van der Waals surface area contributed by atoms with Gasteiger partial charge in [-0.15, -0.1) is 0 Å². The van der Waals surface area contributed by atoms with E-state index in [4.69, 9.17) is 28.4 Å². The monoisotopic (exact) mass is 866 g/mol. The predicted octanol–water partition coefficient (Wildman–Crippen LogP) is 7.50. The van der Waals surface area contributed by atoms with Crippen molar-refractivity contribution < 1.29 is 38.3 Å². The summed E-state index contributed by atoms with van der Waals surface area (Å²) in [6.07, 6.45) is 0.0732. The number of hydrogen-bond donors (Lipinski definition) is 0. The Labute approximate surface area is 329 Å². The fourth-order valence-corrected chi connectivity index (χ4v) is 10.5. The Bertz CT molecular complexity index is 1800. The van der Waals surface area contributed by atoms with Crippen LogP contribution in [0.1, 0.15) is 22.3 Å². The normalized spacial score (nSPS) is 32.1. The van der Waals surface area contributed by atoms with Gasteiger partial charge in [0.05, 0.1) is 21.5 Å². The van der Waals surface area contributed by atoms with E-state index in [1.54, 1.807) is 14.2 Å². The highest BCUT2D eigenvalue weighted by Gasteiger charge is 2.60. The zero-order valence-electron chi connectivity index (χ0n) is 29.6. The molecule has 4 aromatic rings. The minimum Gasteiger partial charge on any atom is -0.464 e. The number of alkyl halides is 2. The number of methoxy groups -OCH3 is 2. The van der Waals surface area contributed by atoms with Crippen LogP contribution in [0.4, 0.5) is 0 Å². The van der Waals surface area contributed by atoms with Gasteiger partial charge >= 0.3 is 0 Å². The second-order valence-corrected chi connectivity index (χ2v) is 15.8. The molecule has 4 aliphatic heterocycles. The Morgan fingerprint density at radius 3 is 1.31 bits per heavy atom. The van der Waals surface area contributed by atoms with Crippen molar-refractivity contribution in [2.75, 3.05) is 27.3 Å². The molecule has 8 rings (SSSR count). The standard InChI is InChI=1S/2C20H20BrNO5/c2*1-25-20(14-8-3-2-4-9-14)18(21)16(12-22(23)24)15-11-13-7-5-6-10-17(13)26-19(15)27-20/h2*2-10,15-16,18-19H,11-12H2,1H3/t2*15-,16+,18-,19+,20+/m11/s1. The van der Waals surface area contributed by atoms with E-state index in [0.717, 1.165) is 33.8 Å². The SMILES string of the molecule is CO[C@@]1(c2ccccc2)O[C@@H]2Oc3ccccc3C[C@@H]2[C@H](C[N+](=O)[O-])[C@H]1Br.CO[C@@]1(c2ccccc2)O[C@@H]2Oc3ccccc3C[C@@H]2[C@H](C[N+](=O)[O-])[C@H]1Br. The summed E-state index contributed by atoms with van der Waals surface area (Å²) in [6, 6.07) is 34.5. The minimum absolute atomic E-state index is 0.151. The number of para-hydroxylation sites is 2. The van der Waals surface area contributed by atoms with Gasteiger partial charge in [0.25, 0.3) is 0 Å². The second kappa shape index (κ2) is 16.0. The molecule has 4 heterocycles. The Kier molecular flexibility index (Phi) is 11.4. The first-order valence-electron chi connectivity index (χ1n) is 17.7. The van der Waals surface area contributed by atoms with E-state index in [9.17, 15) is 20.2 Å². The maximum absolute atomic E-state index is 11.4. The van der Waals surface area contributed by atoms with Crippen LogP contribution in [-0.2, 0) is 43.4 Å². The molecule has 10 atom stereocenters. The molecule has 0 radical (unpaired) electrons. The van der Waals surface area contributed by atoms with Gasteiger partial charge < -0.3 is 28.4 Å². The van der Waals surface area contributed by atoms with Gasteiger partial charge in [-0.05, 0) is 36.1 Å². The molecule has 2 fully saturated rings. The minimum atomic E-state index is -1.17. The zero-order valence-corrected chi connectivity index (χ0v) is 32.7. The van der Waals surface area contributed by atoms with Gasteiger partial charge in [-0.25, -0.2) is 0 Å². The van der Waals surface area contributed by atoms with Crippen LogP contribution in [0, 0.1) is 43.9 Å². The molecule has 2 saturated heterocycles. The number of rotatable bonds is 8. The molecule has 12 nitrogen and oxygen atoms in total. The highest BCUT2D eigenvalue weighted by Crippen LogP contribution is 2.52. The predicted molar refractivity (Wildman–Crippen MR) is 205 cm³/mol. The van der Waals surface area contributed by atoms with Gasteiger partial charge in [0.2, 0.25) is 37.2 Å². The number of nitro groups is 2. The van der Waals surface area contributed by atoms with Gasteiger partial charge in [-0.3, -0.25) is 20.2 Å². The quantitative estimate of drug-likeness (QED) is 0.0994. The van der Waals surface area contributed by atoms with Crippen LogP contribution in [-0.4, -0.2) is 59.4 Å². The Morgan fingerprint density at radius 1 is 0.611 bits per heavy atom. The lowest BCUT2D eigenvalue weighted by Gasteiger charge is -2.51. The number of ether oxygens (including phenoxy) is 6. The lowest BCUT2D eigenvalue weighted by atomic mass is 9.76. The van der Waals surface area contributed by atoms with Crippen molar-refractivity contribution in [3.63, 3.8) is 0 Å². The number of benzene rings is 4. The summed E-state index contributed by atoms with van der Waals surface area (Å²) >= 11 is 7.39. The summed E-state index contributed by atoms with van der Waals surface area (Å²) in [7, 11) is 3.11. The lowest BCUT2D eigenvalue weighted by Crippen LogP contribution is -2.60. The molecule has 0 amide bonds. The zero-order chi connectivity index (χ0) is 38.0. The van der Waals surface area contributed by atoms with Crippen molar-refractivity contribution in [1.82, 2.24) is 0 Å². The van der Waals surface area contributed by atoms with Crippen LogP contribution in [0.5, 0.6) is 11.5 Å². The van der Waals surface area contributed by atoms with Crippen molar-refractivity contribution in [2.24, 2.45) is 23.7 Å². The number of hydrogen-bond acceptors (Lipinski definition) is 10. The lowest BCUT2D eigenvalue weighted by molar-refractivity contribution is -0.497. The summed E-state index contributed by atoms with van der Waals surface area (Å²) in [4.78, 5) is 21.5. The summed E-state index contributed by atoms with van der Waals surface area (Å²) in [5.74, 6) is -1.79. The van der Waals surface area contributed by atoms with Crippen molar-refractivity contribution in [3.05, 3.63) is 152 Å². The molecule has 284 valence electrons. The summed E-state index contributed by atoms with van der Waals surface area (Å²) < 4.78 is 36.7. The van der Waals surface area contributed by atoms with Crippen LogP contribution in [0.25, 0.3) is 0 Å². The smallest absolute Gasteiger partial charge is 0.211 e. The van der Waals surface area contributed by atoms with Crippen molar-refractivity contribution in [3.8, 4) is 11.5 Å². The molecule has 0 spiro atoms. The third-order valence-corrected chi connectivity index (χ3v) is 13.4. The molecular formula is C40H40Br2N2O10. The highest BCUT2D eigenvalue weighted by atomic mass is 79.9. The van der Waals surface area contributed by atoms with Crippen molar-refractivity contribution in [1.29, 1.82) is 0 Å². The van der Waals surface area contributed by atoms with Gasteiger partial charge in [-0.1, -0.05) is 129 Å². The maximum Gasteiger partial charge on any atom is 0.211 e. The third-order valence-electron chi connectivity index (χ3n) is 10.9. The molecule has 54 heavy (non-hydrogen) atoms. The molecule has 0 saturated carbocycles. The largest absolute Gasteiger partial charge is 0.464 e. The number of halogens is 2. The van der Waals surface area contributed by atoms with Crippen molar-refractivity contribution in [2.45, 2.75) is 46.7 Å². The maximum atomic E-state index is 11.4. The molecule has 4 aliphatic rings. The number of fused-ring (bicyclic) bond motifs is 4. The Morgan fingerprint density at radius 2 is 0.963 bits per heavy atom. The van der Waals surface area contributed by atoms with Crippen LogP contribution in [0.2, 0.25) is 0 Å². The fourth-order valence-electron chi connectivity index (χ4n) is 8.26. The molecule has 0 N–H and O–H groups in total. The van der Waals surface area contributed by atoms with E-state index in [-0.39, 0.29) is 46.6 Å². The van der Waals surface area contributed by atoms with Crippen molar-refractivity contribution >= 4 is 31.9 Å². The summed E-state index contributed by atoms with van der Waals surface area (Å²) in [5, 5.41) is 22.9. The molecular weight excluding hydrogens is 828 g/mol. The molecule has 0 aliphatic carbocycles. The van der Waals surface area contributed by atoms with Crippen LogP contribution in [0.3, 0.4) is 0 Å². The third kappa shape index (κ3) is 7.15. The summed E-state index contributed by atoms with van der Waals surface area (Å²) in [5.41, 5.74) is 3.67. The average molecular weight is 869 g/mol.